The highest BCUT2D eigenvalue weighted by Gasteiger charge is 2.09. The summed E-state index contributed by atoms with van der Waals surface area (Å²) in [7, 11) is 1.82. The van der Waals surface area contributed by atoms with Crippen LogP contribution in [0.3, 0.4) is 0 Å². The van der Waals surface area contributed by atoms with Gasteiger partial charge in [-0.05, 0) is 40.2 Å². The van der Waals surface area contributed by atoms with E-state index in [2.05, 4.69) is 26.2 Å². The van der Waals surface area contributed by atoms with Crippen molar-refractivity contribution in [2.24, 2.45) is 0 Å². The Bertz CT molecular complexity index is 514. The maximum absolute atomic E-state index is 13.8. The Morgan fingerprint density at radius 3 is 2.88 bits per heavy atom. The minimum Gasteiger partial charge on any atom is -0.388 e. The van der Waals surface area contributed by atoms with Crippen LogP contribution in [0.2, 0.25) is 0 Å². The van der Waals surface area contributed by atoms with Crippen LogP contribution in [-0.2, 0) is 0 Å². The zero-order valence-corrected chi connectivity index (χ0v) is 10.3. The van der Waals surface area contributed by atoms with Gasteiger partial charge in [0.2, 0.25) is 0 Å². The molecular weight excluding hydrogens is 271 g/mol. The second kappa shape index (κ2) is 4.61. The van der Waals surface area contributed by atoms with Crippen molar-refractivity contribution in [2.75, 3.05) is 12.4 Å². The average molecular weight is 281 g/mol. The first-order chi connectivity index (χ1) is 7.72. The highest BCUT2D eigenvalue weighted by molar-refractivity contribution is 9.10. The Morgan fingerprint density at radius 1 is 1.31 bits per heavy atom. The van der Waals surface area contributed by atoms with E-state index in [4.69, 9.17) is 0 Å². The summed E-state index contributed by atoms with van der Waals surface area (Å²) >= 11 is 3.16. The summed E-state index contributed by atoms with van der Waals surface area (Å²) in [5, 5.41) is 3.00. The van der Waals surface area contributed by atoms with Gasteiger partial charge in [-0.15, -0.1) is 0 Å². The van der Waals surface area contributed by atoms with Gasteiger partial charge in [-0.3, -0.25) is 4.98 Å². The van der Waals surface area contributed by atoms with Crippen molar-refractivity contribution in [2.45, 2.75) is 0 Å². The van der Waals surface area contributed by atoms with Crippen LogP contribution < -0.4 is 5.32 Å². The van der Waals surface area contributed by atoms with E-state index >= 15 is 0 Å². The number of pyridine rings is 1. The van der Waals surface area contributed by atoms with Crippen molar-refractivity contribution in [1.29, 1.82) is 0 Å². The van der Waals surface area contributed by atoms with Crippen LogP contribution in [-0.4, -0.2) is 12.0 Å². The minimum atomic E-state index is -0.289. The van der Waals surface area contributed by atoms with Crippen LogP contribution in [0.25, 0.3) is 11.3 Å². The van der Waals surface area contributed by atoms with Crippen LogP contribution in [0.1, 0.15) is 0 Å². The predicted octanol–water partition coefficient (Wildman–Crippen LogP) is 3.69. The van der Waals surface area contributed by atoms with Crippen molar-refractivity contribution in [3.63, 3.8) is 0 Å². The number of nitrogens with zero attached hydrogens (tertiary/aromatic N) is 1. The highest BCUT2D eigenvalue weighted by Crippen LogP contribution is 2.27. The second-order valence-electron chi connectivity index (χ2n) is 3.28. The van der Waals surface area contributed by atoms with Crippen LogP contribution in [0.4, 0.5) is 10.1 Å². The maximum atomic E-state index is 13.8. The first-order valence-electron chi connectivity index (χ1n) is 4.80. The largest absolute Gasteiger partial charge is 0.388 e. The van der Waals surface area contributed by atoms with Gasteiger partial charge in [0.25, 0.3) is 0 Å². The zero-order chi connectivity index (χ0) is 11.5. The third-order valence-corrected chi connectivity index (χ3v) is 2.89. The third kappa shape index (κ3) is 2.07. The molecule has 4 heteroatoms. The van der Waals surface area contributed by atoms with E-state index in [1.807, 2.05) is 19.2 Å². The molecule has 1 aromatic carbocycles. The Labute approximate surface area is 102 Å². The fraction of sp³-hybridized carbons (Fsp3) is 0.0833. The monoisotopic (exact) mass is 280 g/mol. The number of nitrogens with one attached hydrogen (secondary N) is 1. The van der Waals surface area contributed by atoms with E-state index in [-0.39, 0.29) is 5.82 Å². The molecule has 0 saturated heterocycles. The molecular formula is C12H10BrFN2. The van der Waals surface area contributed by atoms with Gasteiger partial charge >= 0.3 is 0 Å². The third-order valence-electron chi connectivity index (χ3n) is 2.28. The normalized spacial score (nSPS) is 10.2. The molecule has 0 aliphatic carbocycles. The summed E-state index contributed by atoms with van der Waals surface area (Å²) in [6.07, 6.45) is 1.65. The quantitative estimate of drug-likeness (QED) is 0.908. The molecule has 0 saturated carbocycles. The molecule has 82 valence electrons. The molecule has 0 unspecified atom stereocenters. The van der Waals surface area contributed by atoms with Gasteiger partial charge in [-0.2, -0.15) is 0 Å². The van der Waals surface area contributed by atoms with Gasteiger partial charge in [-0.25, -0.2) is 4.39 Å². The zero-order valence-electron chi connectivity index (χ0n) is 8.67. The molecule has 1 aromatic heterocycles. The van der Waals surface area contributed by atoms with Crippen LogP contribution in [0.5, 0.6) is 0 Å². The van der Waals surface area contributed by atoms with E-state index < -0.39 is 0 Å². The fourth-order valence-electron chi connectivity index (χ4n) is 1.43. The molecule has 1 heterocycles. The molecule has 1 N–H and O–H groups in total. The number of anilines is 1. The molecule has 0 aliphatic rings. The molecule has 0 atom stereocenters. The molecule has 0 aliphatic heterocycles. The summed E-state index contributed by atoms with van der Waals surface area (Å²) in [5.41, 5.74) is 2.02. The number of aromatic nitrogens is 1. The second-order valence-corrected chi connectivity index (χ2v) is 4.14. The van der Waals surface area contributed by atoms with Crippen molar-refractivity contribution < 1.29 is 4.39 Å². The fourth-order valence-corrected chi connectivity index (χ4v) is 1.80. The smallest absolute Gasteiger partial charge is 0.146 e. The van der Waals surface area contributed by atoms with Gasteiger partial charge < -0.3 is 5.32 Å². The van der Waals surface area contributed by atoms with Crippen molar-refractivity contribution in [3.05, 3.63) is 46.8 Å². The van der Waals surface area contributed by atoms with E-state index in [9.17, 15) is 4.39 Å². The van der Waals surface area contributed by atoms with Gasteiger partial charge in [0.15, 0.2) is 0 Å². The van der Waals surface area contributed by atoms with Crippen LogP contribution in [0.15, 0.2) is 41.0 Å². The first kappa shape index (κ1) is 11.1. The minimum absolute atomic E-state index is 0.289. The molecule has 2 rings (SSSR count). The molecule has 16 heavy (non-hydrogen) atoms. The highest BCUT2D eigenvalue weighted by atomic mass is 79.9. The molecule has 0 spiro atoms. The standard InChI is InChI=1S/C12H10BrFN2/c1-15-8-5-6-16-11(7-8)9-3-2-4-10(13)12(9)14/h2-7H,1H3,(H,15,16). The lowest BCUT2D eigenvalue weighted by atomic mass is 10.1. The van der Waals surface area contributed by atoms with Gasteiger partial charge in [0, 0.05) is 24.5 Å². The number of hydrogen-bond acceptors (Lipinski definition) is 2. The Morgan fingerprint density at radius 2 is 2.12 bits per heavy atom. The van der Waals surface area contributed by atoms with Crippen LogP contribution >= 0.6 is 15.9 Å². The molecule has 0 fully saturated rings. The molecule has 0 amide bonds. The number of halogens is 2. The summed E-state index contributed by atoms with van der Waals surface area (Å²) in [6.45, 7) is 0. The van der Waals surface area contributed by atoms with Crippen molar-refractivity contribution in [1.82, 2.24) is 4.98 Å². The number of rotatable bonds is 2. The Hall–Kier alpha value is -1.42. The topological polar surface area (TPSA) is 24.9 Å². The summed E-state index contributed by atoms with van der Waals surface area (Å²) in [6, 6.07) is 8.81. The lowest BCUT2D eigenvalue weighted by Crippen LogP contribution is -1.92. The van der Waals surface area contributed by atoms with E-state index in [0.717, 1.165) is 5.69 Å². The van der Waals surface area contributed by atoms with Gasteiger partial charge in [0.05, 0.1) is 10.2 Å². The molecule has 0 radical (unpaired) electrons. The van der Waals surface area contributed by atoms with Crippen molar-refractivity contribution >= 4 is 21.6 Å². The lowest BCUT2D eigenvalue weighted by Gasteiger charge is -2.06. The summed E-state index contributed by atoms with van der Waals surface area (Å²) < 4.78 is 14.3. The van der Waals surface area contributed by atoms with E-state index in [1.165, 1.54) is 0 Å². The van der Waals surface area contributed by atoms with Crippen LogP contribution in [0, 0.1) is 5.82 Å². The number of benzene rings is 1. The predicted molar refractivity (Wildman–Crippen MR) is 66.9 cm³/mol. The summed E-state index contributed by atoms with van der Waals surface area (Å²) in [4.78, 5) is 4.16. The van der Waals surface area contributed by atoms with E-state index in [0.29, 0.717) is 15.7 Å². The van der Waals surface area contributed by atoms with Gasteiger partial charge in [0.1, 0.15) is 5.82 Å². The lowest BCUT2D eigenvalue weighted by molar-refractivity contribution is 0.624. The van der Waals surface area contributed by atoms with E-state index in [1.54, 1.807) is 24.4 Å². The Balaban J connectivity index is 2.54. The molecule has 2 nitrogen and oxygen atoms in total. The molecule has 0 bridgehead atoms. The SMILES string of the molecule is CNc1ccnc(-c2cccc(Br)c2F)c1. The Kier molecular flexibility index (Phi) is 3.19. The van der Waals surface area contributed by atoms with Crippen molar-refractivity contribution in [3.8, 4) is 11.3 Å². The number of hydrogen-bond donors (Lipinski definition) is 1. The first-order valence-corrected chi connectivity index (χ1v) is 5.60. The summed E-state index contributed by atoms with van der Waals surface area (Å²) in [5.74, 6) is -0.289. The van der Waals surface area contributed by atoms with Gasteiger partial charge in [-0.1, -0.05) is 6.07 Å². The average Bonchev–Trinajstić information content (AvgIpc) is 2.33. The molecule has 2 aromatic rings. The maximum Gasteiger partial charge on any atom is 0.146 e.